The van der Waals surface area contributed by atoms with Crippen molar-refractivity contribution in [3.05, 3.63) is 47.1 Å². The summed E-state index contributed by atoms with van der Waals surface area (Å²) in [4.78, 5) is 25.0. The topological polar surface area (TPSA) is 98.7 Å². The quantitative estimate of drug-likeness (QED) is 0.795. The van der Waals surface area contributed by atoms with Crippen LogP contribution in [0.5, 0.6) is 0 Å². The van der Waals surface area contributed by atoms with E-state index in [-0.39, 0.29) is 11.6 Å². The number of nitrogens with zero attached hydrogens (tertiary/aromatic N) is 5. The Morgan fingerprint density at radius 1 is 1.17 bits per heavy atom. The zero-order valence-electron chi connectivity index (χ0n) is 13.3. The van der Waals surface area contributed by atoms with Gasteiger partial charge in [0.2, 0.25) is 5.95 Å². The molecule has 8 heteroatoms. The minimum atomic E-state index is -0.371. The highest BCUT2D eigenvalue weighted by molar-refractivity contribution is 6.02. The molecule has 0 bridgehead atoms. The van der Waals surface area contributed by atoms with Crippen molar-refractivity contribution < 1.29 is 9.32 Å². The SMILES string of the molecule is Cc1cc(C(=O)Nc2cnc(-n3c(C)nc(C)c3C)nc2)no1. The number of hydrogen-bond acceptors (Lipinski definition) is 6. The summed E-state index contributed by atoms with van der Waals surface area (Å²) in [6.45, 7) is 7.51. The van der Waals surface area contributed by atoms with Gasteiger partial charge in [0, 0.05) is 11.8 Å². The molecule has 0 aliphatic heterocycles. The smallest absolute Gasteiger partial charge is 0.277 e. The van der Waals surface area contributed by atoms with Gasteiger partial charge in [-0.05, 0) is 27.7 Å². The van der Waals surface area contributed by atoms with Crippen molar-refractivity contribution in [2.45, 2.75) is 27.7 Å². The van der Waals surface area contributed by atoms with Crippen molar-refractivity contribution in [3.63, 3.8) is 0 Å². The highest BCUT2D eigenvalue weighted by atomic mass is 16.5. The summed E-state index contributed by atoms with van der Waals surface area (Å²) in [7, 11) is 0. The van der Waals surface area contributed by atoms with Crippen LogP contribution in [0.3, 0.4) is 0 Å². The van der Waals surface area contributed by atoms with Crippen LogP contribution in [0.25, 0.3) is 5.95 Å². The molecule has 0 aliphatic rings. The maximum Gasteiger partial charge on any atom is 0.277 e. The largest absolute Gasteiger partial charge is 0.361 e. The van der Waals surface area contributed by atoms with E-state index in [2.05, 4.69) is 25.4 Å². The number of aryl methyl sites for hydroxylation is 3. The van der Waals surface area contributed by atoms with E-state index < -0.39 is 0 Å². The van der Waals surface area contributed by atoms with Crippen LogP contribution in [0.2, 0.25) is 0 Å². The Balaban J connectivity index is 1.81. The lowest BCUT2D eigenvalue weighted by molar-refractivity contribution is 0.101. The minimum Gasteiger partial charge on any atom is -0.361 e. The van der Waals surface area contributed by atoms with Gasteiger partial charge in [0.25, 0.3) is 5.91 Å². The molecule has 3 aromatic rings. The van der Waals surface area contributed by atoms with Gasteiger partial charge in [-0.15, -0.1) is 0 Å². The average molecular weight is 312 g/mol. The summed E-state index contributed by atoms with van der Waals surface area (Å²) in [6.07, 6.45) is 3.09. The van der Waals surface area contributed by atoms with E-state index in [1.54, 1.807) is 25.4 Å². The maximum absolute atomic E-state index is 12.0. The van der Waals surface area contributed by atoms with Gasteiger partial charge in [-0.3, -0.25) is 9.36 Å². The van der Waals surface area contributed by atoms with Crippen LogP contribution in [0.15, 0.2) is 23.0 Å². The van der Waals surface area contributed by atoms with Gasteiger partial charge in [-0.1, -0.05) is 5.16 Å². The molecule has 1 N–H and O–H groups in total. The number of rotatable bonds is 3. The molecule has 1 amide bonds. The molecule has 0 saturated carbocycles. The Morgan fingerprint density at radius 2 is 1.87 bits per heavy atom. The zero-order chi connectivity index (χ0) is 16.6. The van der Waals surface area contributed by atoms with Gasteiger partial charge < -0.3 is 9.84 Å². The van der Waals surface area contributed by atoms with Crippen molar-refractivity contribution in [2.24, 2.45) is 0 Å². The predicted molar refractivity (Wildman–Crippen MR) is 82.6 cm³/mol. The summed E-state index contributed by atoms with van der Waals surface area (Å²) in [5.74, 6) is 1.53. The Bertz CT molecular complexity index is 863. The molecule has 0 radical (unpaired) electrons. The molecule has 3 rings (SSSR count). The van der Waals surface area contributed by atoms with Gasteiger partial charge in [0.15, 0.2) is 5.69 Å². The molecule has 0 unspecified atom stereocenters. The van der Waals surface area contributed by atoms with Crippen molar-refractivity contribution in [1.82, 2.24) is 24.7 Å². The van der Waals surface area contributed by atoms with Gasteiger partial charge in [0.1, 0.15) is 11.6 Å². The normalized spacial score (nSPS) is 10.8. The molecule has 23 heavy (non-hydrogen) atoms. The molecular weight excluding hydrogens is 296 g/mol. The maximum atomic E-state index is 12.0. The fourth-order valence-corrected chi connectivity index (χ4v) is 2.24. The summed E-state index contributed by atoms with van der Waals surface area (Å²) in [5, 5.41) is 6.34. The van der Waals surface area contributed by atoms with Crippen LogP contribution in [0.1, 0.15) is 33.5 Å². The first-order valence-electron chi connectivity index (χ1n) is 7.05. The zero-order valence-corrected chi connectivity index (χ0v) is 13.3. The van der Waals surface area contributed by atoms with Crippen molar-refractivity contribution in [3.8, 4) is 5.95 Å². The van der Waals surface area contributed by atoms with E-state index in [9.17, 15) is 4.79 Å². The molecule has 0 aliphatic carbocycles. The first-order chi connectivity index (χ1) is 11.0. The molecular formula is C15H16N6O2. The second-order valence-electron chi connectivity index (χ2n) is 5.21. The molecule has 118 valence electrons. The number of anilines is 1. The number of imidazole rings is 1. The Kier molecular flexibility index (Phi) is 3.65. The Labute approximate surface area is 132 Å². The third kappa shape index (κ3) is 2.83. The van der Waals surface area contributed by atoms with Gasteiger partial charge in [0.05, 0.1) is 23.8 Å². The van der Waals surface area contributed by atoms with E-state index in [0.29, 0.717) is 17.4 Å². The van der Waals surface area contributed by atoms with Crippen LogP contribution in [-0.4, -0.2) is 30.6 Å². The second kappa shape index (κ2) is 5.64. The van der Waals surface area contributed by atoms with E-state index in [0.717, 1.165) is 17.2 Å². The molecule has 0 spiro atoms. The Hall–Kier alpha value is -3.03. The van der Waals surface area contributed by atoms with Crippen molar-refractivity contribution in [2.75, 3.05) is 5.32 Å². The molecule has 3 aromatic heterocycles. The third-order valence-corrected chi connectivity index (χ3v) is 3.47. The van der Waals surface area contributed by atoms with E-state index in [4.69, 9.17) is 4.52 Å². The van der Waals surface area contributed by atoms with Crippen LogP contribution < -0.4 is 5.32 Å². The first-order valence-corrected chi connectivity index (χ1v) is 7.05. The lowest BCUT2D eigenvalue weighted by Gasteiger charge is -2.07. The Morgan fingerprint density at radius 3 is 2.39 bits per heavy atom. The van der Waals surface area contributed by atoms with Crippen LogP contribution in [0, 0.1) is 27.7 Å². The molecule has 0 saturated heterocycles. The number of nitrogens with one attached hydrogen (secondary N) is 1. The fourth-order valence-electron chi connectivity index (χ4n) is 2.24. The van der Waals surface area contributed by atoms with E-state index in [1.165, 1.54) is 0 Å². The van der Waals surface area contributed by atoms with E-state index in [1.807, 2.05) is 25.3 Å². The highest BCUT2D eigenvalue weighted by Crippen LogP contribution is 2.15. The minimum absolute atomic E-state index is 0.212. The monoisotopic (exact) mass is 312 g/mol. The lowest BCUT2D eigenvalue weighted by Crippen LogP contribution is -2.13. The second-order valence-corrected chi connectivity index (χ2v) is 5.21. The number of carbonyl (C=O) groups is 1. The van der Waals surface area contributed by atoms with Crippen LogP contribution >= 0.6 is 0 Å². The molecule has 0 fully saturated rings. The summed E-state index contributed by atoms with van der Waals surface area (Å²) in [5.41, 5.74) is 2.61. The summed E-state index contributed by atoms with van der Waals surface area (Å²) >= 11 is 0. The van der Waals surface area contributed by atoms with Gasteiger partial charge >= 0.3 is 0 Å². The third-order valence-electron chi connectivity index (χ3n) is 3.47. The average Bonchev–Trinajstić information content (AvgIpc) is 3.05. The number of carbonyl (C=O) groups excluding carboxylic acids is 1. The van der Waals surface area contributed by atoms with E-state index >= 15 is 0 Å². The predicted octanol–water partition coefficient (Wildman–Crippen LogP) is 2.14. The molecule has 0 aromatic carbocycles. The van der Waals surface area contributed by atoms with Crippen molar-refractivity contribution in [1.29, 1.82) is 0 Å². The first kappa shape index (κ1) is 14.9. The molecule has 0 atom stereocenters. The van der Waals surface area contributed by atoms with Crippen molar-refractivity contribution >= 4 is 11.6 Å². The molecule has 8 nitrogen and oxygen atoms in total. The number of amides is 1. The number of hydrogen-bond donors (Lipinski definition) is 1. The summed E-state index contributed by atoms with van der Waals surface area (Å²) < 4.78 is 6.74. The molecule has 3 heterocycles. The fraction of sp³-hybridized carbons (Fsp3) is 0.267. The van der Waals surface area contributed by atoms with Crippen LogP contribution in [-0.2, 0) is 0 Å². The number of aromatic nitrogens is 5. The summed E-state index contributed by atoms with van der Waals surface area (Å²) in [6, 6.07) is 1.56. The van der Waals surface area contributed by atoms with Gasteiger partial charge in [-0.2, -0.15) is 0 Å². The lowest BCUT2D eigenvalue weighted by atomic mass is 10.3. The van der Waals surface area contributed by atoms with Gasteiger partial charge in [-0.25, -0.2) is 15.0 Å². The highest BCUT2D eigenvalue weighted by Gasteiger charge is 2.14. The van der Waals surface area contributed by atoms with Crippen LogP contribution in [0.4, 0.5) is 5.69 Å². The standard InChI is InChI=1S/C15H16N6O2/c1-8-5-13(20-23-8)14(22)19-12-6-16-15(17-7-12)21-10(3)9(2)18-11(21)4/h5-7H,1-4H3,(H,19,22).